The monoisotopic (exact) mass is 110 g/mol. The summed E-state index contributed by atoms with van der Waals surface area (Å²) in [5, 5.41) is 0. The van der Waals surface area contributed by atoms with Gasteiger partial charge in [-0.05, 0) is 25.2 Å². The number of hydrogen-bond acceptors (Lipinski definition) is 0. The van der Waals surface area contributed by atoms with Crippen molar-refractivity contribution in [3.05, 3.63) is 12.2 Å². The summed E-state index contributed by atoms with van der Waals surface area (Å²) >= 11 is 0. The molecule has 0 heterocycles. The number of hydrogen-bond donors (Lipinski definition) is 0. The summed E-state index contributed by atoms with van der Waals surface area (Å²) in [5.41, 5.74) is 1.49. The maximum atomic E-state index is 4.01. The summed E-state index contributed by atoms with van der Waals surface area (Å²) in [7, 11) is 0. The van der Waals surface area contributed by atoms with Crippen molar-refractivity contribution in [2.75, 3.05) is 0 Å². The van der Waals surface area contributed by atoms with Gasteiger partial charge in [0, 0.05) is 0 Å². The summed E-state index contributed by atoms with van der Waals surface area (Å²) < 4.78 is 0. The first-order valence-corrected chi connectivity index (χ1v) is 3.52. The van der Waals surface area contributed by atoms with Gasteiger partial charge in [-0.2, -0.15) is 0 Å². The van der Waals surface area contributed by atoms with Crippen LogP contribution in [0.1, 0.15) is 32.6 Å². The van der Waals surface area contributed by atoms with Gasteiger partial charge in [-0.3, -0.25) is 0 Å². The van der Waals surface area contributed by atoms with Crippen molar-refractivity contribution in [3.8, 4) is 0 Å². The Bertz CT molecular complexity index is 88.2. The molecule has 0 saturated heterocycles. The van der Waals surface area contributed by atoms with E-state index in [2.05, 4.69) is 13.5 Å². The molecule has 0 spiro atoms. The molecule has 0 radical (unpaired) electrons. The van der Waals surface area contributed by atoms with Crippen molar-refractivity contribution in [2.45, 2.75) is 32.6 Å². The van der Waals surface area contributed by atoms with Crippen LogP contribution in [-0.2, 0) is 0 Å². The summed E-state index contributed by atoms with van der Waals surface area (Å²) in [4.78, 5) is 0. The Labute approximate surface area is 51.6 Å². The van der Waals surface area contributed by atoms with E-state index in [-0.39, 0.29) is 0 Å². The van der Waals surface area contributed by atoms with E-state index >= 15 is 0 Å². The third-order valence-electron chi connectivity index (χ3n) is 1.73. The minimum atomic E-state index is 0.926. The SMILES string of the molecule is C=C(CCC)C1CC1. The second kappa shape index (κ2) is 2.34. The van der Waals surface area contributed by atoms with Gasteiger partial charge >= 0.3 is 0 Å². The van der Waals surface area contributed by atoms with Gasteiger partial charge in [0.2, 0.25) is 0 Å². The first-order chi connectivity index (χ1) is 3.84. The van der Waals surface area contributed by atoms with Crippen molar-refractivity contribution >= 4 is 0 Å². The first kappa shape index (κ1) is 5.87. The number of rotatable bonds is 3. The summed E-state index contributed by atoms with van der Waals surface area (Å²) in [5.74, 6) is 0.926. The highest BCUT2D eigenvalue weighted by atomic mass is 14.3. The molecule has 1 fully saturated rings. The van der Waals surface area contributed by atoms with Gasteiger partial charge in [-0.15, -0.1) is 0 Å². The fraction of sp³-hybridized carbons (Fsp3) is 0.750. The lowest BCUT2D eigenvalue weighted by Gasteiger charge is -1.96. The molecule has 0 bridgehead atoms. The fourth-order valence-electron chi connectivity index (χ4n) is 1.02. The van der Waals surface area contributed by atoms with Crippen molar-refractivity contribution in [1.29, 1.82) is 0 Å². The average molecular weight is 110 g/mol. The molecule has 46 valence electrons. The predicted molar refractivity (Wildman–Crippen MR) is 36.8 cm³/mol. The van der Waals surface area contributed by atoms with Crippen LogP contribution in [0.2, 0.25) is 0 Å². The van der Waals surface area contributed by atoms with Gasteiger partial charge in [0.25, 0.3) is 0 Å². The molecule has 1 saturated carbocycles. The van der Waals surface area contributed by atoms with E-state index in [0.29, 0.717) is 0 Å². The lowest BCUT2D eigenvalue weighted by atomic mass is 10.1. The number of allylic oxidation sites excluding steroid dienone is 1. The minimum Gasteiger partial charge on any atom is -0.0996 e. The molecule has 0 aromatic rings. The minimum absolute atomic E-state index is 0.926. The van der Waals surface area contributed by atoms with E-state index < -0.39 is 0 Å². The summed E-state index contributed by atoms with van der Waals surface area (Å²) in [6.07, 6.45) is 5.36. The van der Waals surface area contributed by atoms with Crippen LogP contribution in [0.25, 0.3) is 0 Å². The van der Waals surface area contributed by atoms with Crippen molar-refractivity contribution < 1.29 is 0 Å². The Kier molecular flexibility index (Phi) is 1.72. The second-order valence-electron chi connectivity index (χ2n) is 2.68. The molecule has 0 aliphatic heterocycles. The molecule has 0 heteroatoms. The van der Waals surface area contributed by atoms with E-state index in [4.69, 9.17) is 0 Å². The Morgan fingerprint density at radius 1 is 1.62 bits per heavy atom. The van der Waals surface area contributed by atoms with Crippen LogP contribution >= 0.6 is 0 Å². The van der Waals surface area contributed by atoms with E-state index in [1.807, 2.05) is 0 Å². The zero-order valence-corrected chi connectivity index (χ0v) is 5.61. The lowest BCUT2D eigenvalue weighted by Crippen LogP contribution is -1.80. The topological polar surface area (TPSA) is 0 Å². The normalized spacial score (nSPS) is 18.6. The molecule has 0 amide bonds. The van der Waals surface area contributed by atoms with Crippen LogP contribution in [0.15, 0.2) is 12.2 Å². The molecule has 0 aromatic carbocycles. The quantitative estimate of drug-likeness (QED) is 0.490. The average Bonchev–Trinajstić information content (AvgIpc) is 2.45. The Balaban J connectivity index is 2.13. The van der Waals surface area contributed by atoms with Crippen LogP contribution in [0, 0.1) is 5.92 Å². The van der Waals surface area contributed by atoms with Gasteiger partial charge in [-0.1, -0.05) is 25.5 Å². The van der Waals surface area contributed by atoms with Crippen LogP contribution in [0.3, 0.4) is 0 Å². The third kappa shape index (κ3) is 1.36. The smallest absolute Gasteiger partial charge is 0.0205 e. The molecule has 0 nitrogen and oxygen atoms in total. The molecular weight excluding hydrogens is 96.1 g/mol. The zero-order chi connectivity index (χ0) is 5.98. The molecular formula is C8H14. The van der Waals surface area contributed by atoms with Crippen LogP contribution in [-0.4, -0.2) is 0 Å². The first-order valence-electron chi connectivity index (χ1n) is 3.52. The van der Waals surface area contributed by atoms with Gasteiger partial charge < -0.3 is 0 Å². The summed E-state index contributed by atoms with van der Waals surface area (Å²) in [6, 6.07) is 0. The van der Waals surface area contributed by atoms with Crippen LogP contribution in [0.5, 0.6) is 0 Å². The van der Waals surface area contributed by atoms with Gasteiger partial charge in [0.05, 0.1) is 0 Å². The zero-order valence-electron chi connectivity index (χ0n) is 5.61. The molecule has 0 unspecified atom stereocenters. The molecule has 0 atom stereocenters. The highest BCUT2D eigenvalue weighted by Crippen LogP contribution is 2.37. The van der Waals surface area contributed by atoms with Crippen molar-refractivity contribution in [1.82, 2.24) is 0 Å². The maximum Gasteiger partial charge on any atom is -0.0205 e. The Morgan fingerprint density at radius 2 is 2.25 bits per heavy atom. The lowest BCUT2D eigenvalue weighted by molar-refractivity contribution is 0.828. The maximum absolute atomic E-state index is 4.01. The molecule has 1 aliphatic rings. The molecule has 8 heavy (non-hydrogen) atoms. The van der Waals surface area contributed by atoms with Crippen LogP contribution < -0.4 is 0 Å². The third-order valence-corrected chi connectivity index (χ3v) is 1.73. The van der Waals surface area contributed by atoms with Gasteiger partial charge in [0.1, 0.15) is 0 Å². The van der Waals surface area contributed by atoms with Gasteiger partial charge in [-0.25, -0.2) is 0 Å². The van der Waals surface area contributed by atoms with Gasteiger partial charge in [0.15, 0.2) is 0 Å². The highest BCUT2D eigenvalue weighted by molar-refractivity contribution is 5.06. The molecule has 1 rings (SSSR count). The van der Waals surface area contributed by atoms with E-state index in [1.54, 1.807) is 0 Å². The standard InChI is InChI=1S/C8H14/c1-3-4-7(2)8-5-6-8/h8H,2-6H2,1H3. The largest absolute Gasteiger partial charge is 0.0996 e. The van der Waals surface area contributed by atoms with E-state index in [1.165, 1.54) is 31.3 Å². The highest BCUT2D eigenvalue weighted by Gasteiger charge is 2.23. The van der Waals surface area contributed by atoms with Crippen molar-refractivity contribution in [2.24, 2.45) is 5.92 Å². The fourth-order valence-corrected chi connectivity index (χ4v) is 1.02. The Hall–Kier alpha value is -0.260. The van der Waals surface area contributed by atoms with E-state index in [9.17, 15) is 0 Å². The van der Waals surface area contributed by atoms with E-state index in [0.717, 1.165) is 5.92 Å². The predicted octanol–water partition coefficient (Wildman–Crippen LogP) is 2.75. The Morgan fingerprint density at radius 3 is 2.62 bits per heavy atom. The molecule has 0 N–H and O–H groups in total. The molecule has 0 aromatic heterocycles. The second-order valence-corrected chi connectivity index (χ2v) is 2.68. The molecule has 1 aliphatic carbocycles. The van der Waals surface area contributed by atoms with Crippen LogP contribution in [0.4, 0.5) is 0 Å². The summed E-state index contributed by atoms with van der Waals surface area (Å²) in [6.45, 7) is 6.22. The van der Waals surface area contributed by atoms with Crippen molar-refractivity contribution in [3.63, 3.8) is 0 Å².